The summed E-state index contributed by atoms with van der Waals surface area (Å²) < 4.78 is 0. The van der Waals surface area contributed by atoms with Crippen molar-refractivity contribution in [3.05, 3.63) is 0 Å². The summed E-state index contributed by atoms with van der Waals surface area (Å²) in [5.74, 6) is 6.47. The first-order valence-corrected chi connectivity index (χ1v) is 16.1. The van der Waals surface area contributed by atoms with Crippen LogP contribution in [0.5, 0.6) is 0 Å². The van der Waals surface area contributed by atoms with E-state index in [1.165, 1.54) is 77.0 Å². The third-order valence-electron chi connectivity index (χ3n) is 12.6. The Hall–Kier alpha value is -0.570. The average Bonchev–Trinajstić information content (AvgIpc) is 3.21. The lowest BCUT2D eigenvalue weighted by atomic mass is 9.44. The molecule has 0 radical (unpaired) electrons. The zero-order valence-electron chi connectivity index (χ0n) is 24.9. The van der Waals surface area contributed by atoms with E-state index in [-0.39, 0.29) is 5.91 Å². The monoisotopic (exact) mass is 500 g/mol. The van der Waals surface area contributed by atoms with Crippen LogP contribution in [0.2, 0.25) is 0 Å². The number of carbonyl (C=O) groups is 1. The quantitative estimate of drug-likeness (QED) is 0.312. The van der Waals surface area contributed by atoms with E-state index >= 15 is 0 Å². The minimum atomic E-state index is 0.288. The Bertz CT molecular complexity index is 720. The third-order valence-corrected chi connectivity index (χ3v) is 12.6. The number of nitrogens with one attached hydrogen (secondary N) is 1. The molecule has 3 nitrogen and oxygen atoms in total. The van der Waals surface area contributed by atoms with E-state index in [0.29, 0.717) is 16.7 Å². The molecule has 9 atom stereocenters. The molecule has 4 fully saturated rings. The van der Waals surface area contributed by atoms with Crippen LogP contribution in [0.1, 0.15) is 124 Å². The van der Waals surface area contributed by atoms with Gasteiger partial charge >= 0.3 is 0 Å². The average molecular weight is 501 g/mol. The van der Waals surface area contributed by atoms with Crippen molar-refractivity contribution in [3.63, 3.8) is 0 Å². The summed E-state index contributed by atoms with van der Waals surface area (Å²) in [4.78, 5) is 15.0. The molecule has 1 amide bonds. The Kier molecular flexibility index (Phi) is 9.55. The standard InChI is InChI=1S/C33H60N2O/c1-7-25(19-23-35(5)6)18-22-34-31(36)16-11-24(2)28-14-15-29-27-13-12-26-10-8-9-20-32(26,3)30(27)17-21-33(28,29)4/h24-30H,7-23H2,1-6H3,(H,34,36)/t24-,25?,26?,27+,28-,29+,30+,32+,33-/m1/s1. The van der Waals surface area contributed by atoms with Gasteiger partial charge in [0.2, 0.25) is 5.91 Å². The fraction of sp³-hybridized carbons (Fsp3) is 0.970. The highest BCUT2D eigenvalue weighted by atomic mass is 16.1. The van der Waals surface area contributed by atoms with Crippen molar-refractivity contribution >= 4 is 5.91 Å². The summed E-state index contributed by atoms with van der Waals surface area (Å²) in [6, 6.07) is 0. The SMILES string of the molecule is CCC(CCNC(=O)CC[C@@H](C)[C@H]1CC[C@H]2[C@@H]3CCC4CCCC[C@]4(C)[C@H]3CC[C@]12C)CCN(C)C. The predicted molar refractivity (Wildman–Crippen MR) is 153 cm³/mol. The molecule has 208 valence electrons. The molecule has 0 aromatic carbocycles. The Morgan fingerprint density at radius 3 is 2.44 bits per heavy atom. The Morgan fingerprint density at radius 2 is 1.69 bits per heavy atom. The molecular formula is C33H60N2O. The molecule has 4 saturated carbocycles. The van der Waals surface area contributed by atoms with Gasteiger partial charge in [-0.05, 0) is 144 Å². The van der Waals surface area contributed by atoms with E-state index in [4.69, 9.17) is 0 Å². The second kappa shape index (κ2) is 12.1. The van der Waals surface area contributed by atoms with E-state index < -0.39 is 0 Å². The molecule has 0 spiro atoms. The second-order valence-corrected chi connectivity index (χ2v) is 14.7. The molecular weight excluding hydrogens is 440 g/mol. The fourth-order valence-corrected chi connectivity index (χ4v) is 10.3. The molecule has 4 aliphatic carbocycles. The van der Waals surface area contributed by atoms with Crippen LogP contribution < -0.4 is 5.32 Å². The Labute approximate surface area is 224 Å². The van der Waals surface area contributed by atoms with Crippen LogP contribution in [0.3, 0.4) is 0 Å². The van der Waals surface area contributed by atoms with Gasteiger partial charge in [0, 0.05) is 13.0 Å². The summed E-state index contributed by atoms with van der Waals surface area (Å²) in [5.41, 5.74) is 1.17. The molecule has 36 heavy (non-hydrogen) atoms. The molecule has 3 heteroatoms. The van der Waals surface area contributed by atoms with E-state index in [2.05, 4.69) is 52.0 Å². The normalized spacial score (nSPS) is 39.7. The summed E-state index contributed by atoms with van der Waals surface area (Å²) in [6.45, 7) is 12.1. The molecule has 2 unspecified atom stereocenters. The van der Waals surface area contributed by atoms with Crippen LogP contribution in [-0.2, 0) is 4.79 Å². The van der Waals surface area contributed by atoms with Crippen molar-refractivity contribution in [2.24, 2.45) is 52.3 Å². The maximum Gasteiger partial charge on any atom is 0.220 e. The number of fused-ring (bicyclic) bond motifs is 5. The third kappa shape index (κ3) is 5.86. The highest BCUT2D eigenvalue weighted by molar-refractivity contribution is 5.75. The summed E-state index contributed by atoms with van der Waals surface area (Å²) in [5, 5.41) is 3.26. The Balaban J connectivity index is 1.25. The van der Waals surface area contributed by atoms with E-state index in [0.717, 1.165) is 67.9 Å². The highest BCUT2D eigenvalue weighted by Gasteiger charge is 2.60. The lowest BCUT2D eigenvalue weighted by Crippen LogP contribution is -2.53. The number of rotatable bonds is 11. The zero-order valence-corrected chi connectivity index (χ0v) is 24.9. The molecule has 4 rings (SSSR count). The fourth-order valence-electron chi connectivity index (χ4n) is 10.3. The Morgan fingerprint density at radius 1 is 0.917 bits per heavy atom. The molecule has 4 aliphatic rings. The maximum atomic E-state index is 12.7. The number of amides is 1. The lowest BCUT2D eigenvalue weighted by Gasteiger charge is -2.61. The minimum Gasteiger partial charge on any atom is -0.356 e. The van der Waals surface area contributed by atoms with Gasteiger partial charge in [0.1, 0.15) is 0 Å². The molecule has 0 aromatic rings. The van der Waals surface area contributed by atoms with Gasteiger partial charge in [0.25, 0.3) is 0 Å². The van der Waals surface area contributed by atoms with Gasteiger partial charge in [-0.2, -0.15) is 0 Å². The first kappa shape index (κ1) is 28.4. The molecule has 0 aromatic heterocycles. The van der Waals surface area contributed by atoms with Crippen molar-refractivity contribution in [2.75, 3.05) is 27.2 Å². The maximum absolute atomic E-state index is 12.7. The van der Waals surface area contributed by atoms with Crippen LogP contribution in [0, 0.1) is 52.3 Å². The molecule has 0 heterocycles. The lowest BCUT2D eigenvalue weighted by molar-refractivity contribution is -0.122. The number of carbonyl (C=O) groups excluding carboxylic acids is 1. The molecule has 1 N–H and O–H groups in total. The van der Waals surface area contributed by atoms with E-state index in [1.807, 2.05) is 0 Å². The van der Waals surface area contributed by atoms with Crippen LogP contribution in [0.4, 0.5) is 0 Å². The van der Waals surface area contributed by atoms with Crippen LogP contribution in [0.15, 0.2) is 0 Å². The number of nitrogens with zero attached hydrogens (tertiary/aromatic N) is 1. The second-order valence-electron chi connectivity index (χ2n) is 14.7. The first-order chi connectivity index (χ1) is 17.2. The van der Waals surface area contributed by atoms with Crippen molar-refractivity contribution in [3.8, 4) is 0 Å². The van der Waals surface area contributed by atoms with Crippen molar-refractivity contribution in [1.29, 1.82) is 0 Å². The highest BCUT2D eigenvalue weighted by Crippen LogP contribution is 2.68. The number of hydrogen-bond acceptors (Lipinski definition) is 2. The smallest absolute Gasteiger partial charge is 0.220 e. The summed E-state index contributed by atoms with van der Waals surface area (Å²) in [7, 11) is 4.30. The number of hydrogen-bond donors (Lipinski definition) is 1. The van der Waals surface area contributed by atoms with Crippen molar-refractivity contribution in [1.82, 2.24) is 10.2 Å². The van der Waals surface area contributed by atoms with Gasteiger partial charge in [0.05, 0.1) is 0 Å². The largest absolute Gasteiger partial charge is 0.356 e. The van der Waals surface area contributed by atoms with Crippen LogP contribution in [-0.4, -0.2) is 38.0 Å². The summed E-state index contributed by atoms with van der Waals surface area (Å²) in [6.07, 6.45) is 20.2. The molecule has 0 bridgehead atoms. The predicted octanol–water partition coefficient (Wildman–Crippen LogP) is 7.94. The van der Waals surface area contributed by atoms with Gasteiger partial charge in [-0.15, -0.1) is 0 Å². The van der Waals surface area contributed by atoms with E-state index in [1.54, 1.807) is 0 Å². The van der Waals surface area contributed by atoms with Gasteiger partial charge in [0.15, 0.2) is 0 Å². The van der Waals surface area contributed by atoms with E-state index in [9.17, 15) is 4.79 Å². The van der Waals surface area contributed by atoms with Gasteiger partial charge in [-0.25, -0.2) is 0 Å². The van der Waals surface area contributed by atoms with Crippen LogP contribution >= 0.6 is 0 Å². The van der Waals surface area contributed by atoms with Gasteiger partial charge in [-0.1, -0.05) is 47.0 Å². The molecule has 0 saturated heterocycles. The minimum absolute atomic E-state index is 0.288. The topological polar surface area (TPSA) is 32.3 Å². The van der Waals surface area contributed by atoms with Crippen molar-refractivity contribution < 1.29 is 4.79 Å². The van der Waals surface area contributed by atoms with Crippen molar-refractivity contribution in [2.45, 2.75) is 124 Å². The molecule has 0 aliphatic heterocycles. The summed E-state index contributed by atoms with van der Waals surface area (Å²) >= 11 is 0. The van der Waals surface area contributed by atoms with Gasteiger partial charge in [-0.3, -0.25) is 4.79 Å². The van der Waals surface area contributed by atoms with Crippen LogP contribution in [0.25, 0.3) is 0 Å². The van der Waals surface area contributed by atoms with Gasteiger partial charge < -0.3 is 10.2 Å². The first-order valence-electron chi connectivity index (χ1n) is 16.1. The zero-order chi connectivity index (χ0) is 25.9.